The number of nitrogens with one attached hydrogen (secondary N) is 1. The van der Waals surface area contributed by atoms with Gasteiger partial charge in [-0.1, -0.05) is 17.7 Å². The average Bonchev–Trinajstić information content (AvgIpc) is 2.99. The Morgan fingerprint density at radius 1 is 1.12 bits per heavy atom. The zero-order valence-electron chi connectivity index (χ0n) is 13.9. The molecule has 3 aromatic rings. The van der Waals surface area contributed by atoms with Crippen LogP contribution in [0.25, 0.3) is 0 Å². The van der Waals surface area contributed by atoms with Crippen LogP contribution in [0.3, 0.4) is 0 Å². The van der Waals surface area contributed by atoms with E-state index in [-0.39, 0.29) is 0 Å². The molecular weight excluding hydrogens is 300 g/mol. The van der Waals surface area contributed by atoms with E-state index < -0.39 is 0 Å². The van der Waals surface area contributed by atoms with Crippen LogP contribution in [0.2, 0.25) is 0 Å². The summed E-state index contributed by atoms with van der Waals surface area (Å²) in [5, 5.41) is 7.37. The van der Waals surface area contributed by atoms with Crippen LogP contribution in [0, 0.1) is 6.92 Å². The highest BCUT2D eigenvalue weighted by Crippen LogP contribution is 2.33. The minimum absolute atomic E-state index is 0.579. The number of fused-ring (bicyclic) bond motifs is 1. The molecule has 0 amide bonds. The second-order valence-corrected chi connectivity index (χ2v) is 6.09. The van der Waals surface area contributed by atoms with Gasteiger partial charge in [-0.3, -0.25) is 4.68 Å². The van der Waals surface area contributed by atoms with Crippen molar-refractivity contribution in [2.75, 3.05) is 16.8 Å². The summed E-state index contributed by atoms with van der Waals surface area (Å²) in [5.74, 6) is 2.36. The summed E-state index contributed by atoms with van der Waals surface area (Å²) in [6, 6.07) is 10.5. The van der Waals surface area contributed by atoms with E-state index in [4.69, 9.17) is 4.98 Å². The van der Waals surface area contributed by atoms with Gasteiger partial charge in [0, 0.05) is 31.5 Å². The summed E-state index contributed by atoms with van der Waals surface area (Å²) in [5.41, 5.74) is 3.94. The van der Waals surface area contributed by atoms with Gasteiger partial charge in [0.2, 0.25) is 5.95 Å². The number of aryl methyl sites for hydroxylation is 3. The molecule has 0 bridgehead atoms. The van der Waals surface area contributed by atoms with E-state index in [0.29, 0.717) is 5.95 Å². The first kappa shape index (κ1) is 14.7. The van der Waals surface area contributed by atoms with Crippen LogP contribution in [0.4, 0.5) is 23.3 Å². The SMILES string of the molecule is Cc1ccc2c(c1)CCCN2c1ccnc(Nc2ccnn2C)n1. The fraction of sp³-hybridized carbons (Fsp3) is 0.278. The van der Waals surface area contributed by atoms with E-state index in [0.717, 1.165) is 31.0 Å². The van der Waals surface area contributed by atoms with Gasteiger partial charge < -0.3 is 10.2 Å². The molecule has 1 N–H and O–H groups in total. The first-order chi connectivity index (χ1) is 11.7. The van der Waals surface area contributed by atoms with Crippen LogP contribution in [0.5, 0.6) is 0 Å². The van der Waals surface area contributed by atoms with Crippen molar-refractivity contribution in [1.82, 2.24) is 19.7 Å². The van der Waals surface area contributed by atoms with Crippen molar-refractivity contribution in [2.45, 2.75) is 19.8 Å². The summed E-state index contributed by atoms with van der Waals surface area (Å²) < 4.78 is 1.76. The number of hydrogen-bond acceptors (Lipinski definition) is 5. The van der Waals surface area contributed by atoms with Gasteiger partial charge in [-0.05, 0) is 37.5 Å². The molecule has 0 saturated carbocycles. The van der Waals surface area contributed by atoms with Gasteiger partial charge in [0.15, 0.2) is 0 Å². The zero-order chi connectivity index (χ0) is 16.5. The predicted octanol–water partition coefficient (Wildman–Crippen LogP) is 3.35. The van der Waals surface area contributed by atoms with Crippen LogP contribution < -0.4 is 10.2 Å². The summed E-state index contributed by atoms with van der Waals surface area (Å²) in [4.78, 5) is 11.3. The highest BCUT2D eigenvalue weighted by Gasteiger charge is 2.19. The Morgan fingerprint density at radius 2 is 2.04 bits per heavy atom. The zero-order valence-corrected chi connectivity index (χ0v) is 13.9. The van der Waals surface area contributed by atoms with Gasteiger partial charge in [-0.25, -0.2) is 4.98 Å². The third-order valence-electron chi connectivity index (χ3n) is 4.33. The van der Waals surface area contributed by atoms with E-state index in [1.165, 1.54) is 16.8 Å². The number of rotatable bonds is 3. The maximum absolute atomic E-state index is 4.70. The Hall–Kier alpha value is -2.89. The fourth-order valence-corrected chi connectivity index (χ4v) is 3.13. The normalized spacial score (nSPS) is 13.7. The molecular formula is C18H20N6. The number of anilines is 4. The third-order valence-corrected chi connectivity index (χ3v) is 4.33. The smallest absolute Gasteiger partial charge is 0.230 e. The second-order valence-electron chi connectivity index (χ2n) is 6.09. The Bertz CT molecular complexity index is 869. The molecule has 0 spiro atoms. The number of aromatic nitrogens is 4. The molecule has 3 heterocycles. The fourth-order valence-electron chi connectivity index (χ4n) is 3.13. The second kappa shape index (κ2) is 5.96. The van der Waals surface area contributed by atoms with Gasteiger partial charge in [0.1, 0.15) is 11.6 Å². The largest absolute Gasteiger partial charge is 0.326 e. The van der Waals surface area contributed by atoms with Crippen molar-refractivity contribution >= 4 is 23.3 Å². The molecule has 0 atom stereocenters. The molecule has 122 valence electrons. The first-order valence-electron chi connectivity index (χ1n) is 8.16. The van der Waals surface area contributed by atoms with Crippen molar-refractivity contribution in [3.63, 3.8) is 0 Å². The molecule has 0 aliphatic carbocycles. The monoisotopic (exact) mass is 320 g/mol. The molecule has 2 aromatic heterocycles. The quantitative estimate of drug-likeness (QED) is 0.802. The standard InChI is InChI=1S/C18H20N6/c1-13-5-6-15-14(12-13)4-3-11-24(15)17-7-9-19-18(22-17)21-16-8-10-20-23(16)2/h5-10,12H,3-4,11H2,1-2H3,(H,19,21,22). The Kier molecular flexibility index (Phi) is 3.65. The average molecular weight is 320 g/mol. The maximum atomic E-state index is 4.70. The van der Waals surface area contributed by atoms with Crippen LogP contribution in [-0.2, 0) is 13.5 Å². The minimum atomic E-state index is 0.579. The Balaban J connectivity index is 1.66. The highest BCUT2D eigenvalue weighted by molar-refractivity contribution is 5.66. The maximum Gasteiger partial charge on any atom is 0.230 e. The number of hydrogen-bond donors (Lipinski definition) is 1. The Morgan fingerprint density at radius 3 is 2.88 bits per heavy atom. The van der Waals surface area contributed by atoms with Crippen LogP contribution in [-0.4, -0.2) is 26.3 Å². The van der Waals surface area contributed by atoms with Crippen molar-refractivity contribution in [3.8, 4) is 0 Å². The van der Waals surface area contributed by atoms with E-state index in [1.54, 1.807) is 17.1 Å². The van der Waals surface area contributed by atoms with Crippen LogP contribution in [0.15, 0.2) is 42.7 Å². The molecule has 24 heavy (non-hydrogen) atoms. The molecule has 6 nitrogen and oxygen atoms in total. The lowest BCUT2D eigenvalue weighted by molar-refractivity contribution is 0.757. The molecule has 6 heteroatoms. The lowest BCUT2D eigenvalue weighted by Crippen LogP contribution is -2.25. The molecule has 0 saturated heterocycles. The predicted molar refractivity (Wildman–Crippen MR) is 95.0 cm³/mol. The number of nitrogens with zero attached hydrogens (tertiary/aromatic N) is 5. The summed E-state index contributed by atoms with van der Waals surface area (Å²) in [7, 11) is 1.88. The minimum Gasteiger partial charge on any atom is -0.326 e. The lowest BCUT2D eigenvalue weighted by atomic mass is 9.99. The highest BCUT2D eigenvalue weighted by atomic mass is 15.3. The van der Waals surface area contributed by atoms with Crippen LogP contribution >= 0.6 is 0 Å². The topological polar surface area (TPSA) is 58.9 Å². The summed E-state index contributed by atoms with van der Waals surface area (Å²) in [6.07, 6.45) is 5.79. The molecule has 1 aromatic carbocycles. The number of benzene rings is 1. The van der Waals surface area contributed by atoms with Crippen molar-refractivity contribution in [1.29, 1.82) is 0 Å². The first-order valence-corrected chi connectivity index (χ1v) is 8.16. The van der Waals surface area contributed by atoms with Gasteiger partial charge in [-0.15, -0.1) is 0 Å². The van der Waals surface area contributed by atoms with E-state index >= 15 is 0 Å². The third kappa shape index (κ3) is 2.71. The lowest BCUT2D eigenvalue weighted by Gasteiger charge is -2.30. The Labute approximate surface area is 141 Å². The van der Waals surface area contributed by atoms with Gasteiger partial charge in [-0.2, -0.15) is 10.1 Å². The van der Waals surface area contributed by atoms with Gasteiger partial charge in [0.05, 0.1) is 6.20 Å². The molecule has 0 radical (unpaired) electrons. The summed E-state index contributed by atoms with van der Waals surface area (Å²) >= 11 is 0. The van der Waals surface area contributed by atoms with E-state index in [2.05, 4.69) is 45.4 Å². The van der Waals surface area contributed by atoms with Gasteiger partial charge >= 0.3 is 0 Å². The molecule has 1 aliphatic heterocycles. The molecule has 1 aliphatic rings. The van der Waals surface area contributed by atoms with Gasteiger partial charge in [0.25, 0.3) is 0 Å². The van der Waals surface area contributed by atoms with Crippen molar-refractivity contribution < 1.29 is 0 Å². The molecule has 0 unspecified atom stereocenters. The summed E-state index contributed by atoms with van der Waals surface area (Å²) in [6.45, 7) is 3.11. The van der Waals surface area contributed by atoms with Crippen molar-refractivity contribution in [2.24, 2.45) is 7.05 Å². The van der Waals surface area contributed by atoms with Crippen molar-refractivity contribution in [3.05, 3.63) is 53.9 Å². The van der Waals surface area contributed by atoms with Crippen LogP contribution in [0.1, 0.15) is 17.5 Å². The molecule has 4 rings (SSSR count). The van der Waals surface area contributed by atoms with E-state index in [1.807, 2.05) is 19.2 Å². The van der Waals surface area contributed by atoms with E-state index in [9.17, 15) is 0 Å². The molecule has 0 fully saturated rings.